The highest BCUT2D eigenvalue weighted by molar-refractivity contribution is 6.00. The maximum Gasteiger partial charge on any atom is 0.259 e. The topological polar surface area (TPSA) is 78.5 Å². The van der Waals surface area contributed by atoms with Crippen LogP contribution in [0.2, 0.25) is 0 Å². The zero-order valence-electron chi connectivity index (χ0n) is 14.2. The van der Waals surface area contributed by atoms with Gasteiger partial charge in [-0.1, -0.05) is 30.3 Å². The van der Waals surface area contributed by atoms with Gasteiger partial charge in [0.2, 0.25) is 0 Å². The van der Waals surface area contributed by atoms with Crippen LogP contribution in [0, 0.1) is 6.92 Å². The van der Waals surface area contributed by atoms with E-state index >= 15 is 0 Å². The highest BCUT2D eigenvalue weighted by atomic mass is 16.5. The van der Waals surface area contributed by atoms with Gasteiger partial charge in [0.05, 0.1) is 25.6 Å². The summed E-state index contributed by atoms with van der Waals surface area (Å²) in [6, 6.07) is 15.4. The van der Waals surface area contributed by atoms with Gasteiger partial charge in [-0.25, -0.2) is 5.43 Å². The Bertz CT molecular complexity index is 915. The highest BCUT2D eigenvalue weighted by Gasteiger charge is 2.06. The number of ether oxygens (including phenoxy) is 1. The molecule has 3 N–H and O–H groups in total. The lowest BCUT2D eigenvalue weighted by atomic mass is 10.1. The molecule has 0 radical (unpaired) electrons. The molecule has 0 aliphatic carbocycles. The number of aromatic amines is 1. The molecule has 0 aliphatic rings. The molecule has 0 fully saturated rings. The van der Waals surface area contributed by atoms with Crippen LogP contribution in [0.4, 0.5) is 5.69 Å². The second-order valence-electron chi connectivity index (χ2n) is 5.56. The summed E-state index contributed by atoms with van der Waals surface area (Å²) in [6.07, 6.45) is 1.66. The van der Waals surface area contributed by atoms with Crippen molar-refractivity contribution in [1.29, 1.82) is 0 Å². The monoisotopic (exact) mass is 336 g/mol. The molecule has 6 nitrogen and oxygen atoms in total. The minimum atomic E-state index is -0.236. The summed E-state index contributed by atoms with van der Waals surface area (Å²) in [7, 11) is 1.59. The number of H-pyrrole nitrogens is 1. The van der Waals surface area contributed by atoms with Crippen LogP contribution in [0.15, 0.2) is 53.6 Å². The van der Waals surface area contributed by atoms with Crippen molar-refractivity contribution in [2.75, 3.05) is 19.0 Å². The van der Waals surface area contributed by atoms with Crippen molar-refractivity contribution in [2.24, 2.45) is 5.10 Å². The van der Waals surface area contributed by atoms with E-state index in [4.69, 9.17) is 4.74 Å². The summed E-state index contributed by atoms with van der Waals surface area (Å²) >= 11 is 0. The van der Waals surface area contributed by atoms with E-state index in [-0.39, 0.29) is 12.5 Å². The van der Waals surface area contributed by atoms with Crippen LogP contribution < -0.4 is 15.5 Å². The van der Waals surface area contributed by atoms with Crippen molar-refractivity contribution >= 4 is 28.7 Å². The predicted molar refractivity (Wildman–Crippen MR) is 100 cm³/mol. The lowest BCUT2D eigenvalue weighted by Crippen LogP contribution is -2.26. The van der Waals surface area contributed by atoms with Crippen molar-refractivity contribution in [2.45, 2.75) is 6.92 Å². The summed E-state index contributed by atoms with van der Waals surface area (Å²) in [6.45, 7) is 2.08. The molecular formula is C19H20N4O2. The number of hydrogen-bond donors (Lipinski definition) is 3. The molecule has 0 saturated carbocycles. The minimum Gasteiger partial charge on any atom is -0.495 e. The average molecular weight is 336 g/mol. The molecule has 6 heteroatoms. The maximum absolute atomic E-state index is 12.0. The molecule has 0 atom stereocenters. The van der Waals surface area contributed by atoms with Crippen LogP contribution in [0.1, 0.15) is 11.3 Å². The van der Waals surface area contributed by atoms with E-state index in [0.717, 1.165) is 27.8 Å². The van der Waals surface area contributed by atoms with E-state index in [0.29, 0.717) is 5.75 Å². The number of aromatic nitrogens is 1. The number of hydrogen-bond acceptors (Lipinski definition) is 4. The molecule has 0 aliphatic heterocycles. The molecule has 0 unspecified atom stereocenters. The number of anilines is 1. The Balaban J connectivity index is 1.60. The molecule has 0 spiro atoms. The Kier molecular flexibility index (Phi) is 4.99. The van der Waals surface area contributed by atoms with Crippen LogP contribution in [0.3, 0.4) is 0 Å². The number of benzene rings is 2. The summed E-state index contributed by atoms with van der Waals surface area (Å²) in [4.78, 5) is 15.3. The first-order valence-corrected chi connectivity index (χ1v) is 7.95. The molecular weight excluding hydrogens is 316 g/mol. The van der Waals surface area contributed by atoms with Gasteiger partial charge in [-0.05, 0) is 25.1 Å². The van der Waals surface area contributed by atoms with Gasteiger partial charge in [0.1, 0.15) is 5.75 Å². The van der Waals surface area contributed by atoms with Gasteiger partial charge in [-0.2, -0.15) is 5.10 Å². The largest absolute Gasteiger partial charge is 0.495 e. The van der Waals surface area contributed by atoms with Gasteiger partial charge in [-0.3, -0.25) is 4.79 Å². The van der Waals surface area contributed by atoms with Gasteiger partial charge in [0.25, 0.3) is 5.91 Å². The molecule has 0 saturated heterocycles. The van der Waals surface area contributed by atoms with E-state index in [1.165, 1.54) is 0 Å². The van der Waals surface area contributed by atoms with E-state index in [1.807, 2.05) is 55.5 Å². The van der Waals surface area contributed by atoms with Gasteiger partial charge >= 0.3 is 0 Å². The number of para-hydroxylation sites is 3. The fourth-order valence-electron chi connectivity index (χ4n) is 2.64. The number of amides is 1. The quantitative estimate of drug-likeness (QED) is 0.478. The number of carbonyl (C=O) groups is 1. The molecule has 1 amide bonds. The molecule has 3 aromatic rings. The van der Waals surface area contributed by atoms with Crippen molar-refractivity contribution in [3.63, 3.8) is 0 Å². The van der Waals surface area contributed by atoms with E-state index in [9.17, 15) is 4.79 Å². The first-order chi connectivity index (χ1) is 12.2. The van der Waals surface area contributed by atoms with E-state index in [2.05, 4.69) is 20.8 Å². The molecule has 25 heavy (non-hydrogen) atoms. The molecule has 3 rings (SSSR count). The molecule has 2 aromatic carbocycles. The first kappa shape index (κ1) is 16.6. The Labute approximate surface area is 145 Å². The third-order valence-electron chi connectivity index (χ3n) is 3.87. The highest BCUT2D eigenvalue weighted by Crippen LogP contribution is 2.22. The van der Waals surface area contributed by atoms with Gasteiger partial charge in [0, 0.05) is 22.2 Å². The number of carbonyl (C=O) groups excluding carboxylic acids is 1. The van der Waals surface area contributed by atoms with Crippen LogP contribution >= 0.6 is 0 Å². The Morgan fingerprint density at radius 2 is 1.96 bits per heavy atom. The first-order valence-electron chi connectivity index (χ1n) is 7.95. The Hall–Kier alpha value is -3.28. The van der Waals surface area contributed by atoms with Crippen molar-refractivity contribution in [1.82, 2.24) is 10.4 Å². The zero-order chi connectivity index (χ0) is 17.6. The molecule has 1 heterocycles. The second kappa shape index (κ2) is 7.53. The lowest BCUT2D eigenvalue weighted by Gasteiger charge is -2.09. The number of hydrazone groups is 1. The minimum absolute atomic E-state index is 0.102. The Morgan fingerprint density at radius 3 is 2.80 bits per heavy atom. The fourth-order valence-corrected chi connectivity index (χ4v) is 2.64. The smallest absolute Gasteiger partial charge is 0.259 e. The summed E-state index contributed by atoms with van der Waals surface area (Å²) in [5, 5.41) is 8.17. The fraction of sp³-hybridized carbons (Fsp3) is 0.158. The van der Waals surface area contributed by atoms with Gasteiger partial charge < -0.3 is 15.0 Å². The SMILES string of the molecule is COc1ccccc1NCC(=O)NN=Cc1c(C)[nH]c2ccccc12. The van der Waals surface area contributed by atoms with E-state index in [1.54, 1.807) is 13.3 Å². The van der Waals surface area contributed by atoms with E-state index < -0.39 is 0 Å². The number of methoxy groups -OCH3 is 1. The number of nitrogens with zero attached hydrogens (tertiary/aromatic N) is 1. The third kappa shape index (κ3) is 3.80. The predicted octanol–water partition coefficient (Wildman–Crippen LogP) is 3.05. The normalized spacial score (nSPS) is 11.0. The average Bonchev–Trinajstić information content (AvgIpc) is 2.96. The standard InChI is InChI=1S/C19H20N4O2/c1-13-15(14-7-3-4-8-16(14)22-13)11-21-23-19(24)12-20-17-9-5-6-10-18(17)25-2/h3-11,20,22H,12H2,1-2H3,(H,23,24). The van der Waals surface area contributed by atoms with Crippen LogP contribution in [-0.2, 0) is 4.79 Å². The number of aryl methyl sites for hydroxylation is 1. The van der Waals surface area contributed by atoms with Crippen LogP contribution in [-0.4, -0.2) is 30.8 Å². The number of rotatable bonds is 6. The second-order valence-corrected chi connectivity index (χ2v) is 5.56. The molecule has 128 valence electrons. The number of nitrogens with one attached hydrogen (secondary N) is 3. The third-order valence-corrected chi connectivity index (χ3v) is 3.87. The van der Waals surface area contributed by atoms with Crippen molar-refractivity contribution in [3.05, 3.63) is 59.8 Å². The zero-order valence-corrected chi connectivity index (χ0v) is 14.2. The van der Waals surface area contributed by atoms with Gasteiger partial charge in [0.15, 0.2) is 0 Å². The lowest BCUT2D eigenvalue weighted by molar-refractivity contribution is -0.119. The van der Waals surface area contributed by atoms with Crippen molar-refractivity contribution < 1.29 is 9.53 Å². The summed E-state index contributed by atoms with van der Waals surface area (Å²) < 4.78 is 5.23. The maximum atomic E-state index is 12.0. The molecule has 0 bridgehead atoms. The Morgan fingerprint density at radius 1 is 1.20 bits per heavy atom. The summed E-state index contributed by atoms with van der Waals surface area (Å²) in [5.41, 5.74) is 6.31. The van der Waals surface area contributed by atoms with Crippen LogP contribution in [0.25, 0.3) is 10.9 Å². The molecule has 1 aromatic heterocycles. The van der Waals surface area contributed by atoms with Gasteiger partial charge in [-0.15, -0.1) is 0 Å². The number of fused-ring (bicyclic) bond motifs is 1. The van der Waals surface area contributed by atoms with Crippen LogP contribution in [0.5, 0.6) is 5.75 Å². The summed E-state index contributed by atoms with van der Waals surface area (Å²) in [5.74, 6) is 0.452. The van der Waals surface area contributed by atoms with Crippen molar-refractivity contribution in [3.8, 4) is 5.75 Å².